The monoisotopic (exact) mass is 142 g/mol. The van der Waals surface area contributed by atoms with Crippen LogP contribution < -0.4 is 0 Å². The van der Waals surface area contributed by atoms with E-state index < -0.39 is 5.97 Å². The second-order valence-electron chi connectivity index (χ2n) is 2.27. The van der Waals surface area contributed by atoms with Crippen LogP contribution in [0.25, 0.3) is 0 Å². The Hall–Kier alpha value is -0.790. The van der Waals surface area contributed by atoms with E-state index in [0.29, 0.717) is 0 Å². The van der Waals surface area contributed by atoms with Gasteiger partial charge >= 0.3 is 0 Å². The maximum absolute atomic E-state index is 9.00. The molecule has 0 fully saturated rings. The molecule has 0 aliphatic heterocycles. The van der Waals surface area contributed by atoms with Crippen molar-refractivity contribution in [2.24, 2.45) is 0 Å². The molecule has 1 rings (SSSR count). The van der Waals surface area contributed by atoms with E-state index in [1.54, 1.807) is 0 Å². The van der Waals surface area contributed by atoms with Crippen molar-refractivity contribution >= 4 is 5.97 Å². The lowest BCUT2D eigenvalue weighted by Gasteiger charge is -1.97. The fourth-order valence-electron chi connectivity index (χ4n) is 0.760. The van der Waals surface area contributed by atoms with Gasteiger partial charge in [0.2, 0.25) is 0 Å². The fraction of sp³-hybridized carbons (Fsp3) is 0.625. The molecule has 0 atom stereocenters. The molecule has 1 aliphatic rings. The van der Waals surface area contributed by atoms with Crippen LogP contribution in [0.1, 0.15) is 32.6 Å². The van der Waals surface area contributed by atoms with Crippen LogP contribution in [0.5, 0.6) is 0 Å². The average Bonchev–Trinajstić information content (AvgIpc) is 1.90. The highest BCUT2D eigenvalue weighted by Gasteiger charge is 1.87. The van der Waals surface area contributed by atoms with Crippen molar-refractivity contribution in [3.63, 3.8) is 0 Å². The lowest BCUT2D eigenvalue weighted by atomic mass is 10.1. The number of hydrogen-bond acceptors (Lipinski definition) is 1. The number of hydrogen-bond donors (Lipinski definition) is 1. The van der Waals surface area contributed by atoms with E-state index in [4.69, 9.17) is 9.90 Å². The van der Waals surface area contributed by atoms with Gasteiger partial charge in [-0.3, -0.25) is 4.79 Å². The summed E-state index contributed by atoms with van der Waals surface area (Å²) in [6, 6.07) is 0. The Kier molecular flexibility index (Phi) is 5.83. The molecule has 0 aromatic heterocycles. The van der Waals surface area contributed by atoms with E-state index in [1.807, 2.05) is 0 Å². The highest BCUT2D eigenvalue weighted by molar-refractivity contribution is 5.62. The first-order valence-corrected chi connectivity index (χ1v) is 3.58. The summed E-state index contributed by atoms with van der Waals surface area (Å²) in [6.45, 7) is 1.08. The van der Waals surface area contributed by atoms with Crippen LogP contribution in [0.2, 0.25) is 0 Å². The van der Waals surface area contributed by atoms with Crippen LogP contribution in [0.3, 0.4) is 0 Å². The van der Waals surface area contributed by atoms with Gasteiger partial charge in [0.15, 0.2) is 0 Å². The molecule has 0 radical (unpaired) electrons. The second kappa shape index (κ2) is 6.33. The molecule has 1 aliphatic carbocycles. The first-order valence-electron chi connectivity index (χ1n) is 3.58. The van der Waals surface area contributed by atoms with Gasteiger partial charge in [0, 0.05) is 6.92 Å². The van der Waals surface area contributed by atoms with Gasteiger partial charge < -0.3 is 5.11 Å². The molecular formula is C8H14O2. The van der Waals surface area contributed by atoms with E-state index in [1.165, 1.54) is 25.7 Å². The molecule has 0 amide bonds. The maximum Gasteiger partial charge on any atom is 0.300 e. The summed E-state index contributed by atoms with van der Waals surface area (Å²) in [5, 5.41) is 7.42. The average molecular weight is 142 g/mol. The first kappa shape index (κ1) is 9.21. The number of carboxylic acids is 1. The summed E-state index contributed by atoms with van der Waals surface area (Å²) in [6.07, 6.45) is 10.0. The third kappa shape index (κ3) is 10.2. The number of rotatable bonds is 0. The molecule has 10 heavy (non-hydrogen) atoms. The van der Waals surface area contributed by atoms with Gasteiger partial charge in [-0.1, -0.05) is 12.2 Å². The van der Waals surface area contributed by atoms with Crippen molar-refractivity contribution in [1.82, 2.24) is 0 Å². The largest absolute Gasteiger partial charge is 0.481 e. The normalized spacial score (nSPS) is 15.3. The maximum atomic E-state index is 9.00. The van der Waals surface area contributed by atoms with Gasteiger partial charge in [-0.2, -0.15) is 0 Å². The predicted molar refractivity (Wildman–Crippen MR) is 40.9 cm³/mol. The van der Waals surface area contributed by atoms with Crippen LogP contribution in [0.4, 0.5) is 0 Å². The van der Waals surface area contributed by atoms with Crippen molar-refractivity contribution in [3.05, 3.63) is 12.2 Å². The summed E-state index contributed by atoms with van der Waals surface area (Å²) < 4.78 is 0. The minimum absolute atomic E-state index is 0.833. The van der Waals surface area contributed by atoms with Gasteiger partial charge in [-0.05, 0) is 25.7 Å². The minimum Gasteiger partial charge on any atom is -0.481 e. The summed E-state index contributed by atoms with van der Waals surface area (Å²) in [5.74, 6) is -0.833. The summed E-state index contributed by atoms with van der Waals surface area (Å²) in [5.41, 5.74) is 0. The molecule has 0 saturated heterocycles. The Morgan fingerprint density at radius 2 is 1.60 bits per heavy atom. The van der Waals surface area contributed by atoms with Crippen molar-refractivity contribution in [2.45, 2.75) is 32.6 Å². The number of carboxylic acid groups (broad SMARTS) is 1. The lowest BCUT2D eigenvalue weighted by molar-refractivity contribution is -0.134. The van der Waals surface area contributed by atoms with Crippen molar-refractivity contribution in [2.75, 3.05) is 0 Å². The van der Waals surface area contributed by atoms with E-state index >= 15 is 0 Å². The molecule has 0 aromatic carbocycles. The standard InChI is InChI=1S/C6H10.C2H4O2/c1-2-4-6-5-3-1;1-2(3)4/h1-2H,3-6H2;1H3,(H,3,4). The number of aliphatic carboxylic acids is 1. The predicted octanol–water partition coefficient (Wildman–Crippen LogP) is 2.21. The third-order valence-electron chi connectivity index (χ3n) is 1.16. The Labute approximate surface area is 61.6 Å². The molecular weight excluding hydrogens is 128 g/mol. The van der Waals surface area contributed by atoms with Crippen LogP contribution in [-0.4, -0.2) is 11.1 Å². The summed E-state index contributed by atoms with van der Waals surface area (Å²) in [7, 11) is 0. The molecule has 0 bridgehead atoms. The molecule has 2 nitrogen and oxygen atoms in total. The van der Waals surface area contributed by atoms with Gasteiger partial charge in [-0.25, -0.2) is 0 Å². The molecule has 0 saturated carbocycles. The Bertz CT molecular complexity index is 104. The van der Waals surface area contributed by atoms with Gasteiger partial charge in [-0.15, -0.1) is 0 Å². The Morgan fingerprint density at radius 3 is 1.70 bits per heavy atom. The SMILES string of the molecule is C1=CCCCC1.CC(=O)O. The second-order valence-corrected chi connectivity index (χ2v) is 2.27. The number of allylic oxidation sites excluding steroid dienone is 2. The van der Waals surface area contributed by atoms with Gasteiger partial charge in [0.05, 0.1) is 0 Å². The number of carbonyl (C=O) groups is 1. The van der Waals surface area contributed by atoms with E-state index in [9.17, 15) is 0 Å². The van der Waals surface area contributed by atoms with E-state index in [0.717, 1.165) is 6.92 Å². The highest BCUT2D eigenvalue weighted by atomic mass is 16.4. The lowest BCUT2D eigenvalue weighted by Crippen LogP contribution is -1.78. The van der Waals surface area contributed by atoms with Crippen molar-refractivity contribution in [1.29, 1.82) is 0 Å². The van der Waals surface area contributed by atoms with Gasteiger partial charge in [0.25, 0.3) is 5.97 Å². The zero-order valence-corrected chi connectivity index (χ0v) is 6.34. The van der Waals surface area contributed by atoms with E-state index in [-0.39, 0.29) is 0 Å². The zero-order chi connectivity index (χ0) is 7.82. The van der Waals surface area contributed by atoms with Gasteiger partial charge in [0.1, 0.15) is 0 Å². The molecule has 0 spiro atoms. The van der Waals surface area contributed by atoms with Crippen LogP contribution in [0, 0.1) is 0 Å². The Morgan fingerprint density at radius 1 is 1.30 bits per heavy atom. The first-order chi connectivity index (χ1) is 4.73. The topological polar surface area (TPSA) is 37.3 Å². The van der Waals surface area contributed by atoms with Crippen LogP contribution in [-0.2, 0) is 4.79 Å². The Balaban J connectivity index is 0.000000180. The van der Waals surface area contributed by atoms with Crippen molar-refractivity contribution < 1.29 is 9.90 Å². The highest BCUT2D eigenvalue weighted by Crippen LogP contribution is 2.07. The van der Waals surface area contributed by atoms with Crippen molar-refractivity contribution in [3.8, 4) is 0 Å². The molecule has 1 N–H and O–H groups in total. The molecule has 0 aromatic rings. The smallest absolute Gasteiger partial charge is 0.300 e. The molecule has 0 unspecified atom stereocenters. The summed E-state index contributed by atoms with van der Waals surface area (Å²) in [4.78, 5) is 9.00. The summed E-state index contributed by atoms with van der Waals surface area (Å²) >= 11 is 0. The zero-order valence-electron chi connectivity index (χ0n) is 6.34. The van der Waals surface area contributed by atoms with E-state index in [2.05, 4.69) is 12.2 Å². The third-order valence-corrected chi connectivity index (χ3v) is 1.16. The molecule has 0 heterocycles. The fourth-order valence-corrected chi connectivity index (χ4v) is 0.760. The quantitative estimate of drug-likeness (QED) is 0.526. The molecule has 2 heteroatoms. The molecule has 58 valence electrons. The minimum atomic E-state index is -0.833. The van der Waals surface area contributed by atoms with Crippen LogP contribution >= 0.6 is 0 Å². The van der Waals surface area contributed by atoms with Crippen LogP contribution in [0.15, 0.2) is 12.2 Å².